The standard InChI is InChI=1S/C20H28N2O3S/c1-5-6-11-24-16-9-7-15(8-10-16)18-17(14(4)21-20(26)22-18)19(23)25-12-13(2)3/h7-10,13,18H,5-6,11-12H2,1-4H3,(H2,21,22,26). The summed E-state index contributed by atoms with van der Waals surface area (Å²) in [6.45, 7) is 9.08. The van der Waals surface area contributed by atoms with Gasteiger partial charge in [-0.25, -0.2) is 4.79 Å². The Bertz CT molecular complexity index is 668. The molecule has 0 saturated heterocycles. The zero-order valence-corrected chi connectivity index (χ0v) is 16.7. The highest BCUT2D eigenvalue weighted by molar-refractivity contribution is 7.80. The van der Waals surface area contributed by atoms with E-state index in [1.807, 2.05) is 45.0 Å². The molecule has 0 aromatic heterocycles. The van der Waals surface area contributed by atoms with Crippen molar-refractivity contribution in [1.82, 2.24) is 10.6 Å². The summed E-state index contributed by atoms with van der Waals surface area (Å²) in [7, 11) is 0. The van der Waals surface area contributed by atoms with Crippen LogP contribution in [0.2, 0.25) is 0 Å². The van der Waals surface area contributed by atoms with Gasteiger partial charge in [0.25, 0.3) is 0 Å². The van der Waals surface area contributed by atoms with Crippen LogP contribution in [0.25, 0.3) is 0 Å². The van der Waals surface area contributed by atoms with Crippen LogP contribution in [0.1, 0.15) is 52.1 Å². The molecule has 1 atom stereocenters. The highest BCUT2D eigenvalue weighted by atomic mass is 32.1. The summed E-state index contributed by atoms with van der Waals surface area (Å²) in [4.78, 5) is 12.6. The van der Waals surface area contributed by atoms with Crippen molar-refractivity contribution >= 4 is 23.3 Å². The molecule has 1 heterocycles. The molecule has 1 aromatic carbocycles. The van der Waals surface area contributed by atoms with Crippen molar-refractivity contribution in [3.05, 3.63) is 41.1 Å². The van der Waals surface area contributed by atoms with Gasteiger partial charge in [-0.05, 0) is 49.2 Å². The van der Waals surface area contributed by atoms with E-state index in [9.17, 15) is 4.79 Å². The van der Waals surface area contributed by atoms with Gasteiger partial charge < -0.3 is 20.1 Å². The van der Waals surface area contributed by atoms with Gasteiger partial charge in [0, 0.05) is 5.70 Å². The fraction of sp³-hybridized carbons (Fsp3) is 0.500. The van der Waals surface area contributed by atoms with Gasteiger partial charge in [-0.3, -0.25) is 0 Å². The van der Waals surface area contributed by atoms with E-state index >= 15 is 0 Å². The maximum Gasteiger partial charge on any atom is 0.338 e. The fourth-order valence-corrected chi connectivity index (χ4v) is 2.90. The molecule has 0 aliphatic carbocycles. The molecule has 142 valence electrons. The van der Waals surface area contributed by atoms with Crippen LogP contribution in [0, 0.1) is 5.92 Å². The molecule has 1 aliphatic rings. The number of carbonyl (C=O) groups is 1. The molecule has 2 N–H and O–H groups in total. The van der Waals surface area contributed by atoms with Crippen LogP contribution in [-0.2, 0) is 9.53 Å². The number of rotatable bonds is 8. The second-order valence-corrected chi connectivity index (χ2v) is 7.24. The Morgan fingerprint density at radius 2 is 1.96 bits per heavy atom. The Morgan fingerprint density at radius 1 is 1.27 bits per heavy atom. The first-order valence-corrected chi connectivity index (χ1v) is 9.51. The van der Waals surface area contributed by atoms with E-state index in [-0.39, 0.29) is 17.9 Å². The van der Waals surface area contributed by atoms with Crippen molar-refractivity contribution in [1.29, 1.82) is 0 Å². The van der Waals surface area contributed by atoms with Crippen LogP contribution < -0.4 is 15.4 Å². The summed E-state index contributed by atoms with van der Waals surface area (Å²) < 4.78 is 11.2. The first-order chi connectivity index (χ1) is 12.4. The monoisotopic (exact) mass is 376 g/mol. The summed E-state index contributed by atoms with van der Waals surface area (Å²) in [5.41, 5.74) is 2.21. The molecule has 26 heavy (non-hydrogen) atoms. The molecule has 0 fully saturated rings. The van der Waals surface area contributed by atoms with E-state index in [0.29, 0.717) is 23.9 Å². The topological polar surface area (TPSA) is 59.6 Å². The van der Waals surface area contributed by atoms with Crippen molar-refractivity contribution in [3.63, 3.8) is 0 Å². The molecule has 0 amide bonds. The molecule has 2 rings (SSSR count). The van der Waals surface area contributed by atoms with Crippen molar-refractivity contribution in [2.45, 2.75) is 46.6 Å². The van der Waals surface area contributed by atoms with E-state index in [0.717, 1.165) is 29.9 Å². The zero-order valence-electron chi connectivity index (χ0n) is 15.9. The van der Waals surface area contributed by atoms with Gasteiger partial charge in [-0.15, -0.1) is 0 Å². The van der Waals surface area contributed by atoms with Crippen LogP contribution in [0.3, 0.4) is 0 Å². The minimum Gasteiger partial charge on any atom is -0.494 e. The maximum absolute atomic E-state index is 12.6. The molecular formula is C20H28N2O3S. The Morgan fingerprint density at radius 3 is 2.58 bits per heavy atom. The maximum atomic E-state index is 12.6. The van der Waals surface area contributed by atoms with Crippen LogP contribution in [0.5, 0.6) is 5.75 Å². The van der Waals surface area contributed by atoms with Gasteiger partial charge in [-0.2, -0.15) is 0 Å². The van der Waals surface area contributed by atoms with Crippen molar-refractivity contribution in [2.24, 2.45) is 5.92 Å². The molecule has 0 spiro atoms. The quantitative estimate of drug-likeness (QED) is 0.408. The average molecular weight is 377 g/mol. The number of thiocarbonyl (C=S) groups is 1. The van der Waals surface area contributed by atoms with E-state index in [1.165, 1.54) is 0 Å². The second-order valence-electron chi connectivity index (χ2n) is 6.83. The first-order valence-electron chi connectivity index (χ1n) is 9.10. The molecule has 1 unspecified atom stereocenters. The van der Waals surface area contributed by atoms with Crippen LogP contribution >= 0.6 is 12.2 Å². The molecular weight excluding hydrogens is 348 g/mol. The largest absolute Gasteiger partial charge is 0.494 e. The lowest BCUT2D eigenvalue weighted by molar-refractivity contribution is -0.140. The number of hydrogen-bond donors (Lipinski definition) is 2. The van der Waals surface area contributed by atoms with Gasteiger partial charge >= 0.3 is 5.97 Å². The number of ether oxygens (including phenoxy) is 2. The van der Waals surface area contributed by atoms with Crippen molar-refractivity contribution in [3.8, 4) is 5.75 Å². The summed E-state index contributed by atoms with van der Waals surface area (Å²) >= 11 is 5.27. The molecule has 6 heteroatoms. The SMILES string of the molecule is CCCCOc1ccc(C2NC(=S)NC(C)=C2C(=O)OCC(C)C)cc1. The van der Waals surface area contributed by atoms with Crippen molar-refractivity contribution in [2.75, 3.05) is 13.2 Å². The Labute approximate surface area is 161 Å². The van der Waals surface area contributed by atoms with Crippen LogP contribution in [0.15, 0.2) is 35.5 Å². The average Bonchev–Trinajstić information content (AvgIpc) is 2.60. The normalized spacial score (nSPS) is 17.0. The number of unbranched alkanes of at least 4 members (excludes halogenated alkanes) is 1. The van der Waals surface area contributed by atoms with Crippen LogP contribution in [-0.4, -0.2) is 24.3 Å². The predicted molar refractivity (Wildman–Crippen MR) is 107 cm³/mol. The number of carbonyl (C=O) groups excluding carboxylic acids is 1. The molecule has 0 radical (unpaired) electrons. The summed E-state index contributed by atoms with van der Waals surface area (Å²) in [6.07, 6.45) is 2.13. The van der Waals surface area contributed by atoms with E-state index in [2.05, 4.69) is 17.6 Å². The Kier molecular flexibility index (Phi) is 7.45. The van der Waals surface area contributed by atoms with Gasteiger partial charge in [0.15, 0.2) is 5.11 Å². The lowest BCUT2D eigenvalue weighted by Gasteiger charge is -2.30. The van der Waals surface area contributed by atoms with E-state index in [4.69, 9.17) is 21.7 Å². The zero-order chi connectivity index (χ0) is 19.1. The number of hydrogen-bond acceptors (Lipinski definition) is 4. The molecule has 1 aromatic rings. The van der Waals surface area contributed by atoms with Gasteiger partial charge in [0.05, 0.1) is 24.8 Å². The molecule has 1 aliphatic heterocycles. The van der Waals surface area contributed by atoms with Gasteiger partial charge in [0.2, 0.25) is 0 Å². The molecule has 0 saturated carbocycles. The predicted octanol–water partition coefficient (Wildman–Crippen LogP) is 3.86. The second kappa shape index (κ2) is 9.57. The highest BCUT2D eigenvalue weighted by Gasteiger charge is 2.31. The smallest absolute Gasteiger partial charge is 0.338 e. The third kappa shape index (κ3) is 5.46. The third-order valence-electron chi connectivity index (χ3n) is 4.02. The summed E-state index contributed by atoms with van der Waals surface area (Å²) in [5.74, 6) is 0.777. The summed E-state index contributed by atoms with van der Waals surface area (Å²) in [6, 6.07) is 7.41. The minimum atomic E-state index is -0.340. The number of allylic oxidation sites excluding steroid dienone is 1. The van der Waals surface area contributed by atoms with Gasteiger partial charge in [0.1, 0.15) is 5.75 Å². The van der Waals surface area contributed by atoms with Crippen molar-refractivity contribution < 1.29 is 14.3 Å². The Balaban J connectivity index is 2.19. The number of benzene rings is 1. The lowest BCUT2D eigenvalue weighted by atomic mass is 9.95. The van der Waals surface area contributed by atoms with E-state index in [1.54, 1.807) is 0 Å². The molecule has 5 nitrogen and oxygen atoms in total. The fourth-order valence-electron chi connectivity index (χ4n) is 2.63. The van der Waals surface area contributed by atoms with Crippen LogP contribution in [0.4, 0.5) is 0 Å². The highest BCUT2D eigenvalue weighted by Crippen LogP contribution is 2.29. The minimum absolute atomic E-state index is 0.281. The number of nitrogens with one attached hydrogen (secondary N) is 2. The third-order valence-corrected chi connectivity index (χ3v) is 4.24. The summed E-state index contributed by atoms with van der Waals surface area (Å²) in [5, 5.41) is 6.69. The first kappa shape index (κ1) is 20.2. The van der Waals surface area contributed by atoms with E-state index < -0.39 is 0 Å². The number of esters is 1. The molecule has 0 bridgehead atoms. The lowest BCUT2D eigenvalue weighted by Crippen LogP contribution is -2.45. The Hall–Kier alpha value is -2.08. The van der Waals surface area contributed by atoms with Gasteiger partial charge in [-0.1, -0.05) is 39.3 Å².